The number of rotatable bonds is 3. The van der Waals surface area contributed by atoms with Crippen LogP contribution in [0.5, 0.6) is 0 Å². The van der Waals surface area contributed by atoms with Crippen LogP contribution in [0.1, 0.15) is 36.8 Å². The van der Waals surface area contributed by atoms with Gasteiger partial charge in [0.1, 0.15) is 0 Å². The summed E-state index contributed by atoms with van der Waals surface area (Å²) in [5, 5.41) is 12.9. The minimum atomic E-state index is -0.538. The Hall–Kier alpha value is -2.18. The summed E-state index contributed by atoms with van der Waals surface area (Å²) in [6.45, 7) is 6.36. The van der Waals surface area contributed by atoms with E-state index in [2.05, 4.69) is 32.2 Å². The van der Waals surface area contributed by atoms with E-state index in [0.717, 1.165) is 28.4 Å². The largest absolute Gasteiger partial charge is 0.357 e. The number of benzene rings is 1. The second kappa shape index (κ2) is 5.79. The molecule has 1 heterocycles. The molecule has 0 radical (unpaired) electrons. The van der Waals surface area contributed by atoms with Crippen molar-refractivity contribution in [3.05, 3.63) is 40.3 Å². The van der Waals surface area contributed by atoms with E-state index < -0.39 is 5.91 Å². The van der Waals surface area contributed by atoms with Crippen LogP contribution >= 0.6 is 11.3 Å². The van der Waals surface area contributed by atoms with Crippen LogP contribution in [0.3, 0.4) is 0 Å². The average molecular weight is 329 g/mol. The summed E-state index contributed by atoms with van der Waals surface area (Å²) in [6.07, 6.45) is 3.84. The van der Waals surface area contributed by atoms with E-state index in [-0.39, 0.29) is 5.54 Å². The summed E-state index contributed by atoms with van der Waals surface area (Å²) >= 11 is 1.70. The lowest BCUT2D eigenvalue weighted by molar-refractivity contribution is -0.124. The van der Waals surface area contributed by atoms with Crippen molar-refractivity contribution in [1.82, 2.24) is 10.5 Å². The van der Waals surface area contributed by atoms with Crippen molar-refractivity contribution in [1.29, 1.82) is 0 Å². The molecule has 3 rings (SSSR count). The maximum atomic E-state index is 11.0. The first-order valence-electron chi connectivity index (χ1n) is 7.39. The molecule has 0 atom stereocenters. The molecule has 2 aromatic rings. The number of carbonyl (C=O) groups is 1. The Labute approximate surface area is 139 Å². The topological polar surface area (TPSA) is 74.2 Å². The number of thiazole rings is 1. The number of amides is 1. The van der Waals surface area contributed by atoms with Crippen molar-refractivity contribution in [2.75, 3.05) is 5.32 Å². The van der Waals surface area contributed by atoms with Crippen molar-refractivity contribution in [2.45, 2.75) is 32.7 Å². The van der Waals surface area contributed by atoms with Crippen LogP contribution < -0.4 is 10.8 Å². The molecule has 5 nitrogen and oxygen atoms in total. The molecule has 120 valence electrons. The minimum absolute atomic E-state index is 0.00362. The van der Waals surface area contributed by atoms with E-state index >= 15 is 0 Å². The number of nitrogens with zero attached hydrogens (tertiary/aromatic N) is 1. The lowest BCUT2D eigenvalue weighted by atomic mass is 10.1. The van der Waals surface area contributed by atoms with Crippen LogP contribution in [0.2, 0.25) is 0 Å². The Morgan fingerprint density at radius 3 is 2.87 bits per heavy atom. The van der Waals surface area contributed by atoms with E-state index in [9.17, 15) is 4.79 Å². The molecule has 3 N–H and O–H groups in total. The highest BCUT2D eigenvalue weighted by molar-refractivity contribution is 7.16. The van der Waals surface area contributed by atoms with Gasteiger partial charge in [-0.1, -0.05) is 18.2 Å². The summed E-state index contributed by atoms with van der Waals surface area (Å²) in [4.78, 5) is 17.0. The number of hydrogen-bond acceptors (Lipinski definition) is 5. The van der Waals surface area contributed by atoms with Gasteiger partial charge in [0.15, 0.2) is 5.13 Å². The first-order chi connectivity index (χ1) is 10.9. The van der Waals surface area contributed by atoms with Crippen LogP contribution in [0.4, 0.5) is 5.13 Å². The van der Waals surface area contributed by atoms with Crippen molar-refractivity contribution >= 4 is 28.5 Å². The van der Waals surface area contributed by atoms with Crippen LogP contribution in [0.15, 0.2) is 24.3 Å². The second-order valence-corrected chi connectivity index (χ2v) is 7.65. The average Bonchev–Trinajstić information content (AvgIpc) is 2.99. The van der Waals surface area contributed by atoms with Crippen molar-refractivity contribution in [3.8, 4) is 11.3 Å². The summed E-state index contributed by atoms with van der Waals surface area (Å²) < 4.78 is 0. The number of carbonyl (C=O) groups excluding carboxylic acids is 1. The quantitative estimate of drug-likeness (QED) is 0.391. The van der Waals surface area contributed by atoms with Crippen molar-refractivity contribution < 1.29 is 10.0 Å². The number of fused-ring (bicyclic) bond motifs is 3. The molecule has 0 saturated carbocycles. The molecule has 6 heteroatoms. The zero-order valence-electron chi connectivity index (χ0n) is 13.3. The van der Waals surface area contributed by atoms with E-state index in [1.165, 1.54) is 16.5 Å². The van der Waals surface area contributed by atoms with Crippen LogP contribution in [0, 0.1) is 0 Å². The highest BCUT2D eigenvalue weighted by atomic mass is 32.1. The Balaban J connectivity index is 1.84. The Morgan fingerprint density at radius 1 is 1.39 bits per heavy atom. The molecule has 1 aromatic carbocycles. The van der Waals surface area contributed by atoms with Gasteiger partial charge in [-0.25, -0.2) is 10.5 Å². The Bertz CT molecular complexity index is 788. The van der Waals surface area contributed by atoms with E-state index in [1.807, 2.05) is 12.1 Å². The third-order valence-corrected chi connectivity index (χ3v) is 4.42. The molecule has 0 saturated heterocycles. The SMILES string of the molecule is CC(C)(C)Nc1nc2c(s1)Cc1cc(/C=C/C(=O)NO)ccc1-2. The Kier molecular flexibility index (Phi) is 3.95. The van der Waals surface area contributed by atoms with Crippen molar-refractivity contribution in [3.63, 3.8) is 0 Å². The molecule has 0 aliphatic heterocycles. The highest BCUT2D eigenvalue weighted by Crippen LogP contribution is 2.41. The van der Waals surface area contributed by atoms with Crippen LogP contribution in [-0.4, -0.2) is 21.6 Å². The Morgan fingerprint density at radius 2 is 2.17 bits per heavy atom. The summed E-state index contributed by atoms with van der Waals surface area (Å²) in [6, 6.07) is 6.05. The molecular formula is C17H19N3O2S. The second-order valence-electron chi connectivity index (χ2n) is 6.57. The molecular weight excluding hydrogens is 310 g/mol. The van der Waals surface area contributed by atoms with E-state index in [4.69, 9.17) is 10.2 Å². The van der Waals surface area contributed by atoms with Gasteiger partial charge in [-0.3, -0.25) is 10.0 Å². The lowest BCUT2D eigenvalue weighted by Gasteiger charge is -2.19. The molecule has 0 spiro atoms. The van der Waals surface area contributed by atoms with Gasteiger partial charge in [-0.15, -0.1) is 11.3 Å². The molecule has 0 fully saturated rings. The van der Waals surface area contributed by atoms with Gasteiger partial charge in [0, 0.05) is 28.5 Å². The van der Waals surface area contributed by atoms with Crippen LogP contribution in [0.25, 0.3) is 17.3 Å². The van der Waals surface area contributed by atoms with Gasteiger partial charge in [0.2, 0.25) is 0 Å². The predicted octanol–water partition coefficient (Wildman–Crippen LogP) is 3.44. The highest BCUT2D eigenvalue weighted by Gasteiger charge is 2.24. The number of hydroxylamine groups is 1. The third kappa shape index (κ3) is 3.43. The predicted molar refractivity (Wildman–Crippen MR) is 92.7 cm³/mol. The fraction of sp³-hybridized carbons (Fsp3) is 0.294. The molecule has 1 aliphatic rings. The number of aromatic nitrogens is 1. The summed E-state index contributed by atoms with van der Waals surface area (Å²) in [5.41, 5.74) is 5.93. The van der Waals surface area contributed by atoms with Gasteiger partial charge >= 0.3 is 0 Å². The normalized spacial score (nSPS) is 13.0. The molecule has 0 unspecified atom stereocenters. The monoisotopic (exact) mass is 329 g/mol. The molecule has 0 bridgehead atoms. The lowest BCUT2D eigenvalue weighted by Crippen LogP contribution is -2.25. The molecule has 1 amide bonds. The first kappa shape index (κ1) is 15.7. The van der Waals surface area contributed by atoms with Crippen LogP contribution in [-0.2, 0) is 11.2 Å². The summed E-state index contributed by atoms with van der Waals surface area (Å²) in [7, 11) is 0. The maximum Gasteiger partial charge on any atom is 0.267 e. The zero-order valence-corrected chi connectivity index (χ0v) is 14.1. The third-order valence-electron chi connectivity index (χ3n) is 3.45. The van der Waals surface area contributed by atoms with E-state index in [1.54, 1.807) is 22.9 Å². The molecule has 1 aliphatic carbocycles. The number of hydrogen-bond donors (Lipinski definition) is 3. The zero-order chi connectivity index (χ0) is 16.6. The molecule has 1 aromatic heterocycles. The van der Waals surface area contributed by atoms with Gasteiger partial charge < -0.3 is 5.32 Å². The van der Waals surface area contributed by atoms with Gasteiger partial charge in [-0.2, -0.15) is 0 Å². The fourth-order valence-electron chi connectivity index (χ4n) is 2.53. The van der Waals surface area contributed by atoms with Gasteiger partial charge in [-0.05, 0) is 38.0 Å². The first-order valence-corrected chi connectivity index (χ1v) is 8.21. The van der Waals surface area contributed by atoms with Crippen molar-refractivity contribution in [2.24, 2.45) is 0 Å². The smallest absolute Gasteiger partial charge is 0.267 e. The standard InChI is InChI=1S/C17H19N3O2S/c1-17(2,3)19-16-18-15-12-6-4-10(5-7-14(21)20-22)8-11(12)9-13(15)23-16/h4-8,22H,9H2,1-3H3,(H,18,19)(H,20,21)/b7-5+. The minimum Gasteiger partial charge on any atom is -0.357 e. The van der Waals surface area contributed by atoms with Gasteiger partial charge in [0.25, 0.3) is 5.91 Å². The van der Waals surface area contributed by atoms with E-state index in [0.29, 0.717) is 0 Å². The number of anilines is 1. The van der Waals surface area contributed by atoms with Gasteiger partial charge in [0.05, 0.1) is 5.69 Å². The number of nitrogens with one attached hydrogen (secondary N) is 2. The molecule has 23 heavy (non-hydrogen) atoms. The summed E-state index contributed by atoms with van der Waals surface area (Å²) in [5.74, 6) is -0.538. The fourth-order valence-corrected chi connectivity index (χ4v) is 3.74. The maximum absolute atomic E-state index is 11.0.